The number of hydrogen-bond acceptors (Lipinski definition) is 0. The second-order valence-electron chi connectivity index (χ2n) is 16.1. The molecule has 1 nitrogen and oxygen atoms in total. The molecule has 1 heterocycles. The second-order valence-corrected chi connectivity index (χ2v) is 16.1. The largest absolute Gasteiger partial charge is 0.309 e. The zero-order valence-electron chi connectivity index (χ0n) is 33.4. The fourth-order valence-electron chi connectivity index (χ4n) is 9.49. The fourth-order valence-corrected chi connectivity index (χ4v) is 9.49. The van der Waals surface area contributed by atoms with E-state index in [4.69, 9.17) is 0 Å². The molecule has 1 aromatic heterocycles. The molecule has 0 saturated heterocycles. The maximum atomic E-state index is 4.54. The zero-order valence-corrected chi connectivity index (χ0v) is 33.4. The van der Waals surface area contributed by atoms with E-state index in [-0.39, 0.29) is 5.92 Å². The first-order chi connectivity index (χ1) is 29.7. The van der Waals surface area contributed by atoms with Gasteiger partial charge >= 0.3 is 0 Å². The molecule has 0 saturated carbocycles. The molecule has 0 amide bonds. The van der Waals surface area contributed by atoms with E-state index in [0.717, 1.165) is 18.4 Å². The Morgan fingerprint density at radius 1 is 0.367 bits per heavy atom. The number of nitrogens with zero attached hydrogens (tertiary/aromatic N) is 1. The maximum absolute atomic E-state index is 4.54. The van der Waals surface area contributed by atoms with Crippen molar-refractivity contribution in [1.82, 2.24) is 4.57 Å². The molecule has 10 aromatic rings. The van der Waals surface area contributed by atoms with Gasteiger partial charge in [-0.2, -0.15) is 0 Å². The van der Waals surface area contributed by atoms with Crippen LogP contribution in [0.4, 0.5) is 0 Å². The van der Waals surface area contributed by atoms with Gasteiger partial charge in [0.1, 0.15) is 0 Å². The van der Waals surface area contributed by atoms with E-state index >= 15 is 0 Å². The minimum Gasteiger partial charge on any atom is -0.309 e. The van der Waals surface area contributed by atoms with E-state index in [1.165, 1.54) is 99.8 Å². The van der Waals surface area contributed by atoms with Crippen LogP contribution in [0, 0.1) is 0 Å². The van der Waals surface area contributed by atoms with Crippen molar-refractivity contribution < 1.29 is 0 Å². The highest BCUT2D eigenvalue weighted by atomic mass is 15.0. The molecule has 0 bridgehead atoms. The molecular weight excluding hydrogens is 723 g/mol. The van der Waals surface area contributed by atoms with Gasteiger partial charge < -0.3 is 4.57 Å². The van der Waals surface area contributed by atoms with Crippen LogP contribution in [0.25, 0.3) is 77.6 Å². The van der Waals surface area contributed by atoms with Crippen LogP contribution in [0.3, 0.4) is 0 Å². The van der Waals surface area contributed by atoms with Crippen LogP contribution in [0.2, 0.25) is 0 Å². The lowest BCUT2D eigenvalue weighted by atomic mass is 9.84. The lowest BCUT2D eigenvalue weighted by Crippen LogP contribution is -2.04. The molecule has 1 unspecified atom stereocenters. The van der Waals surface area contributed by atoms with Gasteiger partial charge in [-0.1, -0.05) is 189 Å². The summed E-state index contributed by atoms with van der Waals surface area (Å²) in [5, 5.41) is 2.53. The van der Waals surface area contributed by atoms with Crippen LogP contribution in [0.1, 0.15) is 40.2 Å². The molecule has 0 aliphatic heterocycles. The maximum Gasteiger partial charge on any atom is 0.0541 e. The third kappa shape index (κ3) is 6.36. The van der Waals surface area contributed by atoms with Gasteiger partial charge in [-0.05, 0) is 127 Å². The molecule has 9 aromatic carbocycles. The summed E-state index contributed by atoms with van der Waals surface area (Å²) >= 11 is 0. The van der Waals surface area contributed by atoms with Crippen LogP contribution >= 0.6 is 0 Å². The Hall–Kier alpha value is -7.48. The first-order valence-corrected chi connectivity index (χ1v) is 21.0. The van der Waals surface area contributed by atoms with Gasteiger partial charge in [0.05, 0.1) is 11.0 Å². The predicted molar refractivity (Wildman–Crippen MR) is 254 cm³/mol. The number of hydrogen-bond donors (Lipinski definition) is 0. The summed E-state index contributed by atoms with van der Waals surface area (Å²) in [4.78, 5) is 0. The molecule has 60 heavy (non-hydrogen) atoms. The number of fused-ring (bicyclic) bond motifs is 6. The summed E-state index contributed by atoms with van der Waals surface area (Å²) in [5.41, 5.74) is 21.2. The summed E-state index contributed by atoms with van der Waals surface area (Å²) in [5.74, 6) is 0.241. The Balaban J connectivity index is 0.883. The van der Waals surface area contributed by atoms with Gasteiger partial charge in [0, 0.05) is 22.4 Å². The van der Waals surface area contributed by atoms with Gasteiger partial charge in [0.15, 0.2) is 0 Å². The lowest BCUT2D eigenvalue weighted by Gasteiger charge is -2.20. The highest BCUT2D eigenvalue weighted by Crippen LogP contribution is 2.45. The standard InChI is InChI=1S/C59H43N/c1-40-51-16-8-9-17-53(51)54-36-31-49(39-56(40)54)52(47-27-25-44(26-28-47)42-12-4-2-5-13-42)35-22-41-20-23-46(24-21-41)48-32-37-59-57(38-48)55-18-10-11-19-58(55)60(59)50-33-29-45(30-34-50)43-14-6-3-7-15-43/h2-21,23-34,36-39,52H,1,22,35H2. The van der Waals surface area contributed by atoms with Gasteiger partial charge in [-0.15, -0.1) is 0 Å². The minimum absolute atomic E-state index is 0.241. The molecule has 1 heteroatoms. The van der Waals surface area contributed by atoms with Crippen LogP contribution < -0.4 is 0 Å². The van der Waals surface area contributed by atoms with E-state index in [1.807, 2.05) is 0 Å². The molecule has 284 valence electrons. The normalized spacial score (nSPS) is 12.4. The monoisotopic (exact) mass is 765 g/mol. The van der Waals surface area contributed by atoms with Crippen molar-refractivity contribution in [2.75, 3.05) is 0 Å². The third-order valence-electron chi connectivity index (χ3n) is 12.6. The van der Waals surface area contributed by atoms with Gasteiger partial charge in [-0.25, -0.2) is 0 Å². The highest BCUT2D eigenvalue weighted by Gasteiger charge is 2.24. The first kappa shape index (κ1) is 35.7. The average Bonchev–Trinajstić information content (AvgIpc) is 3.81. The van der Waals surface area contributed by atoms with Gasteiger partial charge in [0.25, 0.3) is 0 Å². The van der Waals surface area contributed by atoms with E-state index in [9.17, 15) is 0 Å². The number of benzene rings is 9. The summed E-state index contributed by atoms with van der Waals surface area (Å²) in [6, 6.07) is 80.1. The van der Waals surface area contributed by atoms with Crippen molar-refractivity contribution in [3.8, 4) is 50.2 Å². The second kappa shape index (κ2) is 15.0. The summed E-state index contributed by atoms with van der Waals surface area (Å²) < 4.78 is 2.40. The number of para-hydroxylation sites is 1. The van der Waals surface area contributed by atoms with E-state index in [2.05, 4.69) is 230 Å². The van der Waals surface area contributed by atoms with Crippen molar-refractivity contribution in [1.29, 1.82) is 0 Å². The van der Waals surface area contributed by atoms with Crippen molar-refractivity contribution >= 4 is 27.4 Å². The zero-order chi connectivity index (χ0) is 40.0. The number of aryl methyl sites for hydroxylation is 1. The van der Waals surface area contributed by atoms with Crippen LogP contribution in [-0.2, 0) is 6.42 Å². The molecule has 0 N–H and O–H groups in total. The summed E-state index contributed by atoms with van der Waals surface area (Å²) in [7, 11) is 0. The number of rotatable bonds is 9. The van der Waals surface area contributed by atoms with Crippen LogP contribution in [-0.4, -0.2) is 4.57 Å². The van der Waals surface area contributed by atoms with E-state index < -0.39 is 0 Å². The molecule has 0 radical (unpaired) electrons. The molecule has 1 atom stereocenters. The topological polar surface area (TPSA) is 4.93 Å². The quantitative estimate of drug-likeness (QED) is 0.138. The fraction of sp³-hybridized carbons (Fsp3) is 0.0508. The Morgan fingerprint density at radius 3 is 1.60 bits per heavy atom. The molecule has 0 spiro atoms. The molecule has 0 fully saturated rings. The number of aromatic nitrogens is 1. The first-order valence-electron chi connectivity index (χ1n) is 21.0. The molecule has 1 aliphatic rings. The SMILES string of the molecule is C=C1c2ccccc2-c2ccc(C(CCc3ccc(-c4ccc5c(c4)c4ccccc4n5-c4ccc(-c5ccccc5)cc4)cc3)c3ccc(-c4ccccc4)cc3)cc21. The van der Waals surface area contributed by atoms with Gasteiger partial charge in [-0.3, -0.25) is 0 Å². The summed E-state index contributed by atoms with van der Waals surface area (Å²) in [6.45, 7) is 4.54. The van der Waals surface area contributed by atoms with E-state index in [1.54, 1.807) is 0 Å². The van der Waals surface area contributed by atoms with Crippen molar-refractivity contribution in [3.05, 3.63) is 253 Å². The minimum atomic E-state index is 0.241. The Morgan fingerprint density at radius 2 is 0.883 bits per heavy atom. The van der Waals surface area contributed by atoms with Crippen LogP contribution in [0.15, 0.2) is 225 Å². The predicted octanol–water partition coefficient (Wildman–Crippen LogP) is 15.6. The van der Waals surface area contributed by atoms with Crippen molar-refractivity contribution in [2.24, 2.45) is 0 Å². The Labute approximate surface area is 352 Å². The average molecular weight is 766 g/mol. The Kier molecular flexibility index (Phi) is 8.94. The van der Waals surface area contributed by atoms with E-state index in [0.29, 0.717) is 0 Å². The highest BCUT2D eigenvalue weighted by molar-refractivity contribution is 6.10. The Bertz CT molecular complexity index is 3170. The van der Waals surface area contributed by atoms with Gasteiger partial charge in [0.2, 0.25) is 0 Å². The molecule has 1 aliphatic carbocycles. The van der Waals surface area contributed by atoms with Crippen molar-refractivity contribution in [3.63, 3.8) is 0 Å². The van der Waals surface area contributed by atoms with Crippen LogP contribution in [0.5, 0.6) is 0 Å². The summed E-state index contributed by atoms with van der Waals surface area (Å²) in [6.07, 6.45) is 1.97. The molecule has 11 rings (SSSR count). The molecular formula is C59H43N. The van der Waals surface area contributed by atoms with Crippen molar-refractivity contribution in [2.45, 2.75) is 18.8 Å². The third-order valence-corrected chi connectivity index (χ3v) is 12.6. The smallest absolute Gasteiger partial charge is 0.0541 e. The lowest BCUT2D eigenvalue weighted by molar-refractivity contribution is 0.715.